The lowest BCUT2D eigenvalue weighted by atomic mass is 10.2. The second kappa shape index (κ2) is 9.15. The molecule has 2 N–H and O–H groups in total. The van der Waals surface area contributed by atoms with Gasteiger partial charge in [-0.15, -0.1) is 0 Å². The third-order valence-corrected chi connectivity index (χ3v) is 5.07. The molecule has 0 aliphatic carbocycles. The Kier molecular flexibility index (Phi) is 6.16. The molecule has 1 fully saturated rings. The second-order valence-corrected chi connectivity index (χ2v) is 7.02. The van der Waals surface area contributed by atoms with E-state index in [1.165, 1.54) is 0 Å². The summed E-state index contributed by atoms with van der Waals surface area (Å²) in [5, 5.41) is 11.4. The van der Waals surface area contributed by atoms with Gasteiger partial charge in [-0.05, 0) is 25.5 Å². The van der Waals surface area contributed by atoms with Crippen LogP contribution in [0.5, 0.6) is 0 Å². The molecule has 1 saturated heterocycles. The Balaban J connectivity index is 1.71. The first-order valence-corrected chi connectivity index (χ1v) is 10.3. The number of hydrogen-bond acceptors (Lipinski definition) is 8. The molecule has 0 unspecified atom stereocenters. The number of nitrogens with zero attached hydrogens (tertiary/aromatic N) is 6. The molecule has 9 nitrogen and oxygen atoms in total. The van der Waals surface area contributed by atoms with Crippen LogP contribution in [-0.2, 0) is 11.3 Å². The highest BCUT2D eigenvalue weighted by Crippen LogP contribution is 2.26. The van der Waals surface area contributed by atoms with Crippen molar-refractivity contribution in [2.45, 2.75) is 32.9 Å². The van der Waals surface area contributed by atoms with Crippen molar-refractivity contribution in [1.29, 1.82) is 0 Å². The molecular weight excluding hydrogens is 368 g/mol. The predicted molar refractivity (Wildman–Crippen MR) is 114 cm³/mol. The Labute approximate surface area is 170 Å². The minimum Gasteiger partial charge on any atom is -0.380 e. The summed E-state index contributed by atoms with van der Waals surface area (Å²) < 4.78 is 7.40. The molecule has 3 aromatic heterocycles. The van der Waals surface area contributed by atoms with Crippen LogP contribution in [0, 0.1) is 0 Å². The summed E-state index contributed by atoms with van der Waals surface area (Å²) in [6.07, 6.45) is 4.64. The highest BCUT2D eigenvalue weighted by atomic mass is 16.5. The average Bonchev–Trinajstić information content (AvgIpc) is 3.18. The van der Waals surface area contributed by atoms with Gasteiger partial charge < -0.3 is 20.3 Å². The summed E-state index contributed by atoms with van der Waals surface area (Å²) >= 11 is 0. The number of ether oxygens (including phenoxy) is 1. The van der Waals surface area contributed by atoms with Gasteiger partial charge in [0.25, 0.3) is 0 Å². The van der Waals surface area contributed by atoms with Crippen LogP contribution in [-0.4, -0.2) is 63.6 Å². The molecule has 3 aromatic rings. The molecule has 9 heteroatoms. The fraction of sp³-hybridized carbons (Fsp3) is 0.500. The molecule has 0 aromatic carbocycles. The Morgan fingerprint density at radius 2 is 2.21 bits per heavy atom. The van der Waals surface area contributed by atoms with Crippen LogP contribution < -0.4 is 15.5 Å². The van der Waals surface area contributed by atoms with Crippen molar-refractivity contribution in [3.63, 3.8) is 0 Å². The monoisotopic (exact) mass is 396 g/mol. The zero-order chi connectivity index (χ0) is 20.1. The Morgan fingerprint density at radius 3 is 3.00 bits per heavy atom. The minimum atomic E-state index is 0.448. The van der Waals surface area contributed by atoms with E-state index in [1.54, 1.807) is 12.4 Å². The SMILES string of the molecule is CCOCCn1ncc2nc(N3CCN[C@H](CC)C3)nc(Nc3ccccn3)c21. The molecule has 0 spiro atoms. The van der Waals surface area contributed by atoms with E-state index in [1.807, 2.05) is 29.8 Å². The molecule has 4 heterocycles. The van der Waals surface area contributed by atoms with Gasteiger partial charge in [-0.2, -0.15) is 10.1 Å². The normalized spacial score (nSPS) is 17.0. The number of fused-ring (bicyclic) bond motifs is 1. The predicted octanol–water partition coefficient (Wildman–Crippen LogP) is 2.19. The smallest absolute Gasteiger partial charge is 0.228 e. The number of hydrogen-bond donors (Lipinski definition) is 2. The van der Waals surface area contributed by atoms with Gasteiger partial charge in [0.1, 0.15) is 16.9 Å². The maximum Gasteiger partial charge on any atom is 0.228 e. The first kappa shape index (κ1) is 19.5. The molecule has 1 aliphatic heterocycles. The van der Waals surface area contributed by atoms with E-state index < -0.39 is 0 Å². The highest BCUT2D eigenvalue weighted by Gasteiger charge is 2.22. The molecular formula is C20H28N8O. The number of nitrogens with one attached hydrogen (secondary N) is 2. The minimum absolute atomic E-state index is 0.448. The van der Waals surface area contributed by atoms with Gasteiger partial charge in [0.05, 0.1) is 19.3 Å². The number of pyridine rings is 1. The van der Waals surface area contributed by atoms with E-state index in [2.05, 4.69) is 32.5 Å². The fourth-order valence-electron chi connectivity index (χ4n) is 3.52. The molecule has 0 saturated carbocycles. The van der Waals surface area contributed by atoms with Crippen molar-refractivity contribution < 1.29 is 4.74 Å². The summed E-state index contributed by atoms with van der Waals surface area (Å²) in [4.78, 5) is 16.3. The zero-order valence-electron chi connectivity index (χ0n) is 17.0. The van der Waals surface area contributed by atoms with E-state index in [0.717, 1.165) is 48.9 Å². The third-order valence-electron chi connectivity index (χ3n) is 5.07. The molecule has 1 aliphatic rings. The van der Waals surface area contributed by atoms with Crippen molar-refractivity contribution in [3.05, 3.63) is 30.6 Å². The van der Waals surface area contributed by atoms with Crippen molar-refractivity contribution in [2.75, 3.05) is 43.1 Å². The first-order chi connectivity index (χ1) is 14.3. The van der Waals surface area contributed by atoms with E-state index in [9.17, 15) is 0 Å². The van der Waals surface area contributed by atoms with E-state index in [4.69, 9.17) is 14.7 Å². The standard InChI is InChI=1S/C20H28N8O/c1-3-15-14-27(10-9-21-15)20-24-16-13-23-28(11-12-29-4-2)18(16)19(26-20)25-17-7-5-6-8-22-17/h5-8,13,15,21H,3-4,9-12,14H2,1-2H3,(H,22,24,25,26)/t15-/m1/s1. The summed E-state index contributed by atoms with van der Waals surface area (Å²) in [6, 6.07) is 6.21. The first-order valence-electron chi connectivity index (χ1n) is 10.3. The summed E-state index contributed by atoms with van der Waals surface area (Å²) in [7, 11) is 0. The maximum absolute atomic E-state index is 5.51. The topological polar surface area (TPSA) is 93.0 Å². The zero-order valence-corrected chi connectivity index (χ0v) is 17.0. The van der Waals surface area contributed by atoms with E-state index in [-0.39, 0.29) is 0 Å². The molecule has 0 radical (unpaired) electrons. The van der Waals surface area contributed by atoms with Crippen LogP contribution in [0.25, 0.3) is 11.0 Å². The number of aromatic nitrogens is 5. The van der Waals surface area contributed by atoms with Crippen LogP contribution in [0.2, 0.25) is 0 Å². The summed E-state index contributed by atoms with van der Waals surface area (Å²) in [6.45, 7) is 8.80. The number of anilines is 3. The van der Waals surface area contributed by atoms with E-state index >= 15 is 0 Å². The van der Waals surface area contributed by atoms with Crippen molar-refractivity contribution in [1.82, 2.24) is 30.0 Å². The van der Waals surface area contributed by atoms with Crippen molar-refractivity contribution in [3.8, 4) is 0 Å². The van der Waals surface area contributed by atoms with Crippen molar-refractivity contribution in [2.24, 2.45) is 0 Å². The Bertz CT molecular complexity index is 929. The van der Waals surface area contributed by atoms with Gasteiger partial charge in [0.2, 0.25) is 5.95 Å². The maximum atomic E-state index is 5.51. The molecule has 0 bridgehead atoms. The second-order valence-electron chi connectivity index (χ2n) is 7.02. The summed E-state index contributed by atoms with van der Waals surface area (Å²) in [5.74, 6) is 2.17. The van der Waals surface area contributed by atoms with Crippen molar-refractivity contribution >= 4 is 28.6 Å². The average molecular weight is 396 g/mol. The lowest BCUT2D eigenvalue weighted by Gasteiger charge is -2.33. The highest BCUT2D eigenvalue weighted by molar-refractivity contribution is 5.88. The lowest BCUT2D eigenvalue weighted by Crippen LogP contribution is -2.51. The lowest BCUT2D eigenvalue weighted by molar-refractivity contribution is 0.137. The van der Waals surface area contributed by atoms with E-state index in [0.29, 0.717) is 31.6 Å². The van der Waals surface area contributed by atoms with Gasteiger partial charge in [-0.25, -0.2) is 9.97 Å². The van der Waals surface area contributed by atoms with Gasteiger partial charge in [-0.3, -0.25) is 4.68 Å². The van der Waals surface area contributed by atoms with Gasteiger partial charge >= 0.3 is 0 Å². The molecule has 29 heavy (non-hydrogen) atoms. The van der Waals surface area contributed by atoms with Crippen LogP contribution >= 0.6 is 0 Å². The van der Waals surface area contributed by atoms with Crippen LogP contribution in [0.4, 0.5) is 17.6 Å². The third kappa shape index (κ3) is 4.46. The van der Waals surface area contributed by atoms with Gasteiger partial charge in [0.15, 0.2) is 5.82 Å². The molecule has 0 amide bonds. The van der Waals surface area contributed by atoms with Crippen LogP contribution in [0.3, 0.4) is 0 Å². The summed E-state index contributed by atoms with van der Waals surface area (Å²) in [5.41, 5.74) is 1.68. The number of rotatable bonds is 8. The molecule has 1 atom stereocenters. The fourth-order valence-corrected chi connectivity index (χ4v) is 3.52. The Morgan fingerprint density at radius 1 is 1.28 bits per heavy atom. The van der Waals surface area contributed by atoms with Gasteiger partial charge in [0, 0.05) is 38.5 Å². The van der Waals surface area contributed by atoms with Crippen LogP contribution in [0.15, 0.2) is 30.6 Å². The quantitative estimate of drug-likeness (QED) is 0.560. The Hall–Kier alpha value is -2.78. The largest absolute Gasteiger partial charge is 0.380 e. The molecule has 4 rings (SSSR count). The molecule has 154 valence electrons. The van der Waals surface area contributed by atoms with Gasteiger partial charge in [-0.1, -0.05) is 13.0 Å². The van der Waals surface area contributed by atoms with Crippen LogP contribution in [0.1, 0.15) is 20.3 Å². The number of piperazine rings is 1.